The second-order valence-electron chi connectivity index (χ2n) is 5.89. The highest BCUT2D eigenvalue weighted by Crippen LogP contribution is 2.36. The Hall–Kier alpha value is -2.90. The standard InChI is InChI=1S/C20H13BrN2O3S/c21-15-7-5-12(6-8-15)16-11-27-18(17(16)19(24)25)22-20(26)23-9-13-3-1-2-4-14(13)10-23/h1-11H,(H,22,26)(H,24,25). The molecule has 134 valence electrons. The Bertz CT molecular complexity index is 1130. The lowest BCUT2D eigenvalue weighted by Gasteiger charge is -2.06. The molecule has 0 saturated heterocycles. The van der Waals surface area contributed by atoms with Crippen LogP contribution in [0.15, 0.2) is 70.8 Å². The number of carboxylic acids is 1. The van der Waals surface area contributed by atoms with Crippen molar-refractivity contribution in [1.82, 2.24) is 4.57 Å². The van der Waals surface area contributed by atoms with Gasteiger partial charge in [-0.15, -0.1) is 11.3 Å². The highest BCUT2D eigenvalue weighted by Gasteiger charge is 2.21. The van der Waals surface area contributed by atoms with Crippen LogP contribution in [0.3, 0.4) is 0 Å². The topological polar surface area (TPSA) is 71.3 Å². The molecule has 0 radical (unpaired) electrons. The number of carbonyl (C=O) groups excluding carboxylic acids is 1. The van der Waals surface area contributed by atoms with Gasteiger partial charge in [-0.3, -0.25) is 9.88 Å². The molecule has 0 bridgehead atoms. The second-order valence-corrected chi connectivity index (χ2v) is 7.69. The van der Waals surface area contributed by atoms with E-state index in [4.69, 9.17) is 0 Å². The van der Waals surface area contributed by atoms with Crippen LogP contribution >= 0.6 is 27.3 Å². The number of anilines is 1. The van der Waals surface area contributed by atoms with Crippen LogP contribution in [0, 0.1) is 0 Å². The largest absolute Gasteiger partial charge is 0.478 e. The van der Waals surface area contributed by atoms with Crippen LogP contribution in [-0.2, 0) is 0 Å². The summed E-state index contributed by atoms with van der Waals surface area (Å²) in [7, 11) is 0. The molecule has 0 aliphatic carbocycles. The molecule has 27 heavy (non-hydrogen) atoms. The van der Waals surface area contributed by atoms with Gasteiger partial charge in [-0.25, -0.2) is 9.59 Å². The smallest absolute Gasteiger partial charge is 0.339 e. The maximum Gasteiger partial charge on any atom is 0.339 e. The highest BCUT2D eigenvalue weighted by molar-refractivity contribution is 9.10. The number of amides is 1. The molecular formula is C20H13BrN2O3S. The number of fused-ring (bicyclic) bond motifs is 1. The molecule has 2 aromatic heterocycles. The van der Waals surface area contributed by atoms with E-state index in [9.17, 15) is 14.7 Å². The normalized spacial score (nSPS) is 10.9. The summed E-state index contributed by atoms with van der Waals surface area (Å²) in [6.45, 7) is 0. The van der Waals surface area contributed by atoms with Gasteiger partial charge in [0.25, 0.3) is 0 Å². The van der Waals surface area contributed by atoms with E-state index in [1.165, 1.54) is 15.9 Å². The third-order valence-corrected chi connectivity index (χ3v) is 5.59. The third-order valence-electron chi connectivity index (χ3n) is 4.17. The molecule has 1 amide bonds. The van der Waals surface area contributed by atoms with Crippen LogP contribution < -0.4 is 5.32 Å². The Kier molecular flexibility index (Phi) is 4.55. The molecule has 0 saturated carbocycles. The van der Waals surface area contributed by atoms with E-state index in [0.717, 1.165) is 20.8 Å². The number of hydrogen-bond donors (Lipinski definition) is 2. The van der Waals surface area contributed by atoms with Crippen LogP contribution in [0.25, 0.3) is 21.9 Å². The minimum Gasteiger partial charge on any atom is -0.478 e. The molecule has 0 spiro atoms. The molecule has 4 rings (SSSR count). The Morgan fingerprint density at radius 3 is 2.22 bits per heavy atom. The number of benzene rings is 2. The Labute approximate surface area is 167 Å². The zero-order valence-electron chi connectivity index (χ0n) is 13.8. The van der Waals surface area contributed by atoms with Crippen molar-refractivity contribution in [3.8, 4) is 11.1 Å². The van der Waals surface area contributed by atoms with Gasteiger partial charge in [0.2, 0.25) is 0 Å². The lowest BCUT2D eigenvalue weighted by molar-refractivity contribution is 0.0699. The number of halogens is 1. The predicted octanol–water partition coefficient (Wildman–Crippen LogP) is 5.91. The van der Waals surface area contributed by atoms with Crippen molar-refractivity contribution < 1.29 is 14.7 Å². The average molecular weight is 441 g/mol. The molecule has 0 atom stereocenters. The highest BCUT2D eigenvalue weighted by atomic mass is 79.9. The monoisotopic (exact) mass is 440 g/mol. The molecule has 5 nitrogen and oxygen atoms in total. The first-order valence-corrected chi connectivity index (χ1v) is 9.69. The quantitative estimate of drug-likeness (QED) is 0.415. The second kappa shape index (κ2) is 7.02. The SMILES string of the molecule is O=C(O)c1c(-c2ccc(Br)cc2)csc1NC(=O)n1cc2ccccc2c1. The third kappa shape index (κ3) is 3.39. The van der Waals surface area contributed by atoms with Crippen LogP contribution in [0.2, 0.25) is 0 Å². The van der Waals surface area contributed by atoms with Gasteiger partial charge < -0.3 is 5.11 Å². The Morgan fingerprint density at radius 1 is 1.00 bits per heavy atom. The molecule has 7 heteroatoms. The van der Waals surface area contributed by atoms with Gasteiger partial charge in [-0.05, 0) is 28.5 Å². The molecule has 0 fully saturated rings. The molecule has 0 unspecified atom stereocenters. The fourth-order valence-corrected chi connectivity index (χ4v) is 4.08. The first-order chi connectivity index (χ1) is 13.0. The van der Waals surface area contributed by atoms with E-state index in [1.807, 2.05) is 48.5 Å². The molecule has 0 aliphatic heterocycles. The molecule has 2 aromatic carbocycles. The van der Waals surface area contributed by atoms with E-state index in [2.05, 4.69) is 21.2 Å². The summed E-state index contributed by atoms with van der Waals surface area (Å²) in [4.78, 5) is 24.5. The lowest BCUT2D eigenvalue weighted by Crippen LogP contribution is -2.18. The van der Waals surface area contributed by atoms with E-state index < -0.39 is 12.0 Å². The summed E-state index contributed by atoms with van der Waals surface area (Å²) in [5, 5.41) is 16.3. The van der Waals surface area contributed by atoms with Gasteiger partial charge in [0.15, 0.2) is 0 Å². The van der Waals surface area contributed by atoms with E-state index >= 15 is 0 Å². The minimum atomic E-state index is -1.08. The minimum absolute atomic E-state index is 0.0902. The van der Waals surface area contributed by atoms with E-state index in [0.29, 0.717) is 10.6 Å². The van der Waals surface area contributed by atoms with Crippen molar-refractivity contribution >= 4 is 55.0 Å². The van der Waals surface area contributed by atoms with Gasteiger partial charge >= 0.3 is 12.0 Å². The maximum atomic E-state index is 12.6. The summed E-state index contributed by atoms with van der Waals surface area (Å²) in [6.07, 6.45) is 3.43. The van der Waals surface area contributed by atoms with Crippen molar-refractivity contribution in [2.75, 3.05) is 5.32 Å². The predicted molar refractivity (Wildman–Crippen MR) is 111 cm³/mol. The number of rotatable bonds is 3. The van der Waals surface area contributed by atoms with E-state index in [1.54, 1.807) is 17.8 Å². The van der Waals surface area contributed by atoms with Crippen LogP contribution in [0.5, 0.6) is 0 Å². The summed E-state index contributed by atoms with van der Waals surface area (Å²) >= 11 is 4.57. The van der Waals surface area contributed by atoms with Gasteiger partial charge in [0.05, 0.1) is 0 Å². The summed E-state index contributed by atoms with van der Waals surface area (Å²) in [5.74, 6) is -1.08. The van der Waals surface area contributed by atoms with Gasteiger partial charge in [-0.2, -0.15) is 0 Å². The number of hydrogen-bond acceptors (Lipinski definition) is 3. The number of aromatic carboxylic acids is 1. The molecule has 0 aliphatic rings. The van der Waals surface area contributed by atoms with Crippen molar-refractivity contribution in [2.24, 2.45) is 0 Å². The van der Waals surface area contributed by atoms with Gasteiger partial charge in [0, 0.05) is 27.8 Å². The zero-order chi connectivity index (χ0) is 19.0. The number of aromatic nitrogens is 1. The number of thiophene rings is 1. The molecular weight excluding hydrogens is 428 g/mol. The summed E-state index contributed by atoms with van der Waals surface area (Å²) in [6, 6.07) is 14.6. The Morgan fingerprint density at radius 2 is 1.63 bits per heavy atom. The number of carboxylic acid groups (broad SMARTS) is 1. The zero-order valence-corrected chi connectivity index (χ0v) is 16.3. The lowest BCUT2D eigenvalue weighted by atomic mass is 10.0. The molecule has 2 N–H and O–H groups in total. The van der Waals surface area contributed by atoms with E-state index in [-0.39, 0.29) is 5.56 Å². The number of nitrogens with zero attached hydrogens (tertiary/aromatic N) is 1. The van der Waals surface area contributed by atoms with Crippen molar-refractivity contribution in [1.29, 1.82) is 0 Å². The maximum absolute atomic E-state index is 12.6. The fraction of sp³-hybridized carbons (Fsp3) is 0. The van der Waals surface area contributed by atoms with Crippen LogP contribution in [0.4, 0.5) is 9.80 Å². The van der Waals surface area contributed by atoms with Crippen LogP contribution in [0.1, 0.15) is 10.4 Å². The summed E-state index contributed by atoms with van der Waals surface area (Å²) in [5.41, 5.74) is 1.44. The fourth-order valence-electron chi connectivity index (χ4n) is 2.87. The average Bonchev–Trinajstić information content (AvgIpc) is 3.26. The summed E-state index contributed by atoms with van der Waals surface area (Å²) < 4.78 is 2.33. The van der Waals surface area contributed by atoms with Crippen LogP contribution in [-0.4, -0.2) is 21.7 Å². The Balaban J connectivity index is 1.68. The van der Waals surface area contributed by atoms with Crippen molar-refractivity contribution in [3.63, 3.8) is 0 Å². The number of carbonyl (C=O) groups is 2. The van der Waals surface area contributed by atoms with Crippen molar-refractivity contribution in [3.05, 3.63) is 76.3 Å². The molecule has 2 heterocycles. The number of nitrogens with one attached hydrogen (secondary N) is 1. The first kappa shape index (κ1) is 17.5. The van der Waals surface area contributed by atoms with Gasteiger partial charge in [0.1, 0.15) is 10.6 Å². The molecule has 4 aromatic rings. The van der Waals surface area contributed by atoms with Crippen molar-refractivity contribution in [2.45, 2.75) is 0 Å². The van der Waals surface area contributed by atoms with Gasteiger partial charge in [-0.1, -0.05) is 52.3 Å². The first-order valence-electron chi connectivity index (χ1n) is 8.02.